The summed E-state index contributed by atoms with van der Waals surface area (Å²) in [6.45, 7) is 6.55. The number of aryl methyl sites for hydroxylation is 1. The van der Waals surface area contributed by atoms with Crippen molar-refractivity contribution >= 4 is 0 Å². The highest BCUT2D eigenvalue weighted by atomic mass is 15.0. The van der Waals surface area contributed by atoms with E-state index in [4.69, 9.17) is 19.9 Å². The smallest absolute Gasteiger partial charge is 0.165 e. The first kappa shape index (κ1) is 32.2. The molecule has 1 fully saturated rings. The van der Waals surface area contributed by atoms with Crippen LogP contribution < -0.4 is 0 Å². The Morgan fingerprint density at radius 1 is 0.500 bits per heavy atom. The van der Waals surface area contributed by atoms with E-state index in [-0.39, 0.29) is 5.41 Å². The van der Waals surface area contributed by atoms with Gasteiger partial charge in [-0.15, -0.1) is 0 Å². The molecule has 4 nitrogen and oxygen atoms in total. The number of aromatic nitrogens is 4. The lowest BCUT2D eigenvalue weighted by molar-refractivity contribution is 0.386. The fourth-order valence-corrected chi connectivity index (χ4v) is 8.72. The molecule has 2 aromatic heterocycles. The zero-order valence-corrected chi connectivity index (χ0v) is 30.1. The van der Waals surface area contributed by atoms with Crippen LogP contribution >= 0.6 is 0 Å². The van der Waals surface area contributed by atoms with E-state index in [9.17, 15) is 0 Å². The standard InChI is InChI=1S/C48H42N4/c1-31-50-46(37-18-12-16-34(28-37)33-15-11-17-35(27-33)40-20-8-7-19-39(40)32-13-5-4-6-14-32)52-47(51-31)38-24-26-45(49-30-38)36-23-25-42-41-21-9-10-22-43(41)48(2,3)44(42)29-36/h4-6,9-18,21-30,39-40H,7-8,19-20H2,1-3H3. The van der Waals surface area contributed by atoms with Gasteiger partial charge in [0.2, 0.25) is 0 Å². The number of fused-ring (bicyclic) bond motifs is 3. The highest BCUT2D eigenvalue weighted by Crippen LogP contribution is 2.49. The van der Waals surface area contributed by atoms with Crippen LogP contribution in [0.5, 0.6) is 0 Å². The Hall–Kier alpha value is -5.74. The van der Waals surface area contributed by atoms with Crippen molar-refractivity contribution in [3.05, 3.63) is 168 Å². The van der Waals surface area contributed by atoms with Crippen LogP contribution in [-0.4, -0.2) is 19.9 Å². The molecule has 7 aromatic rings. The lowest BCUT2D eigenvalue weighted by atomic mass is 9.72. The largest absolute Gasteiger partial charge is 0.255 e. The second-order valence-corrected chi connectivity index (χ2v) is 15.0. The maximum Gasteiger partial charge on any atom is 0.165 e. The molecule has 2 atom stereocenters. The average molecular weight is 675 g/mol. The van der Waals surface area contributed by atoms with Gasteiger partial charge in [0.05, 0.1) is 5.69 Å². The van der Waals surface area contributed by atoms with Crippen LogP contribution in [0.2, 0.25) is 0 Å². The summed E-state index contributed by atoms with van der Waals surface area (Å²) in [5, 5.41) is 0. The molecule has 0 N–H and O–H groups in total. The molecule has 2 aliphatic carbocycles. The normalized spacial score (nSPS) is 17.4. The van der Waals surface area contributed by atoms with E-state index in [1.807, 2.05) is 13.1 Å². The van der Waals surface area contributed by atoms with E-state index in [2.05, 4.69) is 147 Å². The third-order valence-electron chi connectivity index (χ3n) is 11.4. The zero-order valence-electron chi connectivity index (χ0n) is 30.1. The molecule has 0 bridgehead atoms. The van der Waals surface area contributed by atoms with Gasteiger partial charge in [-0.1, -0.05) is 136 Å². The molecule has 2 unspecified atom stereocenters. The van der Waals surface area contributed by atoms with Crippen LogP contribution in [0, 0.1) is 6.92 Å². The first-order valence-electron chi connectivity index (χ1n) is 18.6. The number of hydrogen-bond donors (Lipinski definition) is 0. The lowest BCUT2D eigenvalue weighted by Crippen LogP contribution is -2.16. The Morgan fingerprint density at radius 2 is 1.13 bits per heavy atom. The number of pyridine rings is 1. The fourth-order valence-electron chi connectivity index (χ4n) is 8.72. The molecule has 0 amide bonds. The van der Waals surface area contributed by atoms with Crippen molar-refractivity contribution in [3.63, 3.8) is 0 Å². The third kappa shape index (κ3) is 5.82. The van der Waals surface area contributed by atoms with Crippen LogP contribution in [0.1, 0.15) is 79.4 Å². The maximum atomic E-state index is 4.97. The minimum Gasteiger partial charge on any atom is -0.255 e. The fraction of sp³-hybridized carbons (Fsp3) is 0.208. The van der Waals surface area contributed by atoms with Gasteiger partial charge in [-0.05, 0) is 100 Å². The van der Waals surface area contributed by atoms with E-state index in [0.717, 1.165) is 27.9 Å². The van der Waals surface area contributed by atoms with Gasteiger partial charge in [0.1, 0.15) is 5.82 Å². The molecule has 2 aliphatic rings. The SMILES string of the molecule is Cc1nc(-c2ccc(-c3ccc4c(c3)C(C)(C)c3ccccc3-4)nc2)nc(-c2cccc(-c3cccc(C4CCCCC4c4ccccc4)c3)c2)n1. The summed E-state index contributed by atoms with van der Waals surface area (Å²) in [5.74, 6) is 3.07. The van der Waals surface area contributed by atoms with E-state index in [1.165, 1.54) is 64.6 Å². The average Bonchev–Trinajstić information content (AvgIpc) is 3.43. The monoisotopic (exact) mass is 674 g/mol. The molecule has 9 rings (SSSR count). The summed E-state index contributed by atoms with van der Waals surface area (Å²) in [6.07, 6.45) is 6.95. The van der Waals surface area contributed by atoms with E-state index in [0.29, 0.717) is 29.3 Å². The quantitative estimate of drug-likeness (QED) is 0.176. The van der Waals surface area contributed by atoms with E-state index in [1.54, 1.807) is 0 Å². The summed E-state index contributed by atoms with van der Waals surface area (Å²) in [6, 6.07) is 48.5. The molecule has 0 saturated heterocycles. The van der Waals surface area contributed by atoms with Gasteiger partial charge in [0, 0.05) is 28.3 Å². The van der Waals surface area contributed by atoms with Gasteiger partial charge < -0.3 is 0 Å². The van der Waals surface area contributed by atoms with E-state index < -0.39 is 0 Å². The molecule has 0 spiro atoms. The molecular weight excluding hydrogens is 633 g/mol. The molecule has 4 heteroatoms. The maximum absolute atomic E-state index is 4.97. The van der Waals surface area contributed by atoms with Crippen LogP contribution in [0.4, 0.5) is 0 Å². The second kappa shape index (κ2) is 13.1. The number of rotatable bonds is 6. The Morgan fingerprint density at radius 3 is 1.92 bits per heavy atom. The predicted molar refractivity (Wildman–Crippen MR) is 212 cm³/mol. The number of hydrogen-bond acceptors (Lipinski definition) is 4. The van der Waals surface area contributed by atoms with Gasteiger partial charge >= 0.3 is 0 Å². The van der Waals surface area contributed by atoms with Crippen molar-refractivity contribution in [3.8, 4) is 56.3 Å². The zero-order chi connectivity index (χ0) is 35.2. The van der Waals surface area contributed by atoms with Crippen molar-refractivity contribution < 1.29 is 0 Å². The summed E-state index contributed by atoms with van der Waals surface area (Å²) in [4.78, 5) is 19.4. The highest BCUT2D eigenvalue weighted by Gasteiger charge is 2.35. The van der Waals surface area contributed by atoms with Gasteiger partial charge in [-0.2, -0.15) is 0 Å². The summed E-state index contributed by atoms with van der Waals surface area (Å²) < 4.78 is 0. The topological polar surface area (TPSA) is 51.6 Å². The van der Waals surface area contributed by atoms with Crippen molar-refractivity contribution in [1.82, 2.24) is 19.9 Å². The predicted octanol–water partition coefficient (Wildman–Crippen LogP) is 12.0. The van der Waals surface area contributed by atoms with E-state index >= 15 is 0 Å². The minimum absolute atomic E-state index is 0.0540. The van der Waals surface area contributed by atoms with Crippen molar-refractivity contribution in [1.29, 1.82) is 0 Å². The molecule has 1 saturated carbocycles. The molecule has 254 valence electrons. The summed E-state index contributed by atoms with van der Waals surface area (Å²) in [7, 11) is 0. The molecule has 0 radical (unpaired) electrons. The minimum atomic E-state index is -0.0540. The van der Waals surface area contributed by atoms with Crippen LogP contribution in [0.3, 0.4) is 0 Å². The van der Waals surface area contributed by atoms with Crippen LogP contribution in [0.25, 0.3) is 56.3 Å². The summed E-state index contributed by atoms with van der Waals surface area (Å²) in [5.41, 5.74) is 14.5. The first-order valence-corrected chi connectivity index (χ1v) is 18.6. The Balaban J connectivity index is 0.988. The molecular formula is C48H42N4. The number of nitrogens with zero attached hydrogens (tertiary/aromatic N) is 4. The van der Waals surface area contributed by atoms with Crippen molar-refractivity contribution in [2.24, 2.45) is 0 Å². The Bertz CT molecular complexity index is 2410. The molecule has 52 heavy (non-hydrogen) atoms. The van der Waals surface area contributed by atoms with Crippen LogP contribution in [-0.2, 0) is 5.41 Å². The number of benzene rings is 5. The van der Waals surface area contributed by atoms with Crippen molar-refractivity contribution in [2.75, 3.05) is 0 Å². The van der Waals surface area contributed by atoms with Crippen LogP contribution in [0.15, 0.2) is 140 Å². The molecule has 5 aromatic carbocycles. The molecule has 0 aliphatic heterocycles. The highest BCUT2D eigenvalue weighted by molar-refractivity contribution is 5.83. The van der Waals surface area contributed by atoms with Gasteiger partial charge in [-0.3, -0.25) is 4.98 Å². The lowest BCUT2D eigenvalue weighted by Gasteiger charge is -2.32. The Kier molecular flexibility index (Phi) is 8.11. The van der Waals surface area contributed by atoms with Crippen molar-refractivity contribution in [2.45, 2.75) is 63.7 Å². The Labute approximate surface area is 306 Å². The first-order chi connectivity index (χ1) is 25.4. The third-order valence-corrected chi connectivity index (χ3v) is 11.4. The summed E-state index contributed by atoms with van der Waals surface area (Å²) >= 11 is 0. The second-order valence-electron chi connectivity index (χ2n) is 15.0. The molecule has 2 heterocycles. The van der Waals surface area contributed by atoms with Gasteiger partial charge in [-0.25, -0.2) is 15.0 Å². The van der Waals surface area contributed by atoms with Gasteiger partial charge in [0.15, 0.2) is 11.6 Å². The van der Waals surface area contributed by atoms with Gasteiger partial charge in [0.25, 0.3) is 0 Å².